The highest BCUT2D eigenvalue weighted by atomic mass is 32.1. The molecule has 1 fully saturated rings. The van der Waals surface area contributed by atoms with E-state index in [1.54, 1.807) is 20.8 Å². The largest absolute Gasteiger partial charge is 0.388 e. The van der Waals surface area contributed by atoms with Crippen LogP contribution in [0.3, 0.4) is 0 Å². The number of fused-ring (bicyclic) bond motifs is 1. The molecule has 15 heteroatoms. The van der Waals surface area contributed by atoms with E-state index in [1.165, 1.54) is 14.0 Å². The zero-order valence-electron chi connectivity index (χ0n) is 21.1. The molecule has 1 aliphatic heterocycles. The number of halogens is 2. The first kappa shape index (κ1) is 29.9. The Morgan fingerprint density at radius 2 is 1.86 bits per heavy atom. The molecule has 0 aromatic carbocycles. The molecule has 1 saturated heterocycles. The Kier molecular flexibility index (Phi) is 8.77. The zero-order valence-corrected chi connectivity index (χ0v) is 22.8. The second-order valence-electron chi connectivity index (χ2n) is 9.27. The lowest BCUT2D eigenvalue weighted by Gasteiger charge is -2.40. The van der Waals surface area contributed by atoms with Crippen molar-refractivity contribution in [1.82, 2.24) is 14.4 Å². The average Bonchev–Trinajstić information content (AvgIpc) is 3.13. The lowest BCUT2D eigenvalue weighted by Crippen LogP contribution is -2.42. The predicted octanol–water partition coefficient (Wildman–Crippen LogP) is 3.12. The number of aromatic amines is 1. The van der Waals surface area contributed by atoms with Crippen molar-refractivity contribution in [1.29, 1.82) is 0 Å². The van der Waals surface area contributed by atoms with Gasteiger partial charge in [0.25, 0.3) is 5.56 Å². The van der Waals surface area contributed by atoms with Crippen molar-refractivity contribution in [2.24, 2.45) is 0 Å². The Bertz CT molecular complexity index is 1310. The molecule has 0 spiro atoms. The highest BCUT2D eigenvalue weighted by molar-refractivity contribution is 7.71. The van der Waals surface area contributed by atoms with Gasteiger partial charge in [-0.25, -0.2) is 4.98 Å². The lowest BCUT2D eigenvalue weighted by atomic mass is 9.88. The number of aromatic nitrogens is 3. The minimum atomic E-state index is -4.34. The number of nitrogens with one attached hydrogen (secondary N) is 1. The predicted molar refractivity (Wildman–Crippen MR) is 131 cm³/mol. The summed E-state index contributed by atoms with van der Waals surface area (Å²) < 4.78 is 58.9. The third-order valence-corrected chi connectivity index (χ3v) is 9.97. The number of nitrogens with zero attached hydrogens (tertiary/aromatic N) is 2. The Morgan fingerprint density at radius 1 is 1.24 bits per heavy atom. The average molecular weight is 568 g/mol. The molecular formula is C22H32F2N3O8PS. The van der Waals surface area contributed by atoms with Gasteiger partial charge in [-0.2, -0.15) is 8.78 Å². The van der Waals surface area contributed by atoms with Gasteiger partial charge in [-0.3, -0.25) is 23.3 Å². The van der Waals surface area contributed by atoms with Crippen molar-refractivity contribution in [3.05, 3.63) is 38.5 Å². The Morgan fingerprint density at radius 3 is 2.41 bits per heavy atom. The molecular weight excluding hydrogens is 535 g/mol. The number of rotatable bonds is 10. The highest BCUT2D eigenvalue weighted by Crippen LogP contribution is 2.61. The summed E-state index contributed by atoms with van der Waals surface area (Å²) >= 11 is 5.22. The van der Waals surface area contributed by atoms with Crippen LogP contribution in [0.1, 0.15) is 65.0 Å². The molecule has 3 heterocycles. The summed E-state index contributed by atoms with van der Waals surface area (Å²) in [6, 6.07) is 0. The van der Waals surface area contributed by atoms with E-state index in [2.05, 4.69) is 9.97 Å². The summed E-state index contributed by atoms with van der Waals surface area (Å²) in [6.07, 6.45) is -3.73. The van der Waals surface area contributed by atoms with Crippen LogP contribution in [0.25, 0.3) is 5.78 Å². The number of methoxy groups -OCH3 is 1. The SMILES string of the molecule is CCC(CC)(CC1OC(c2cn3c(F)c(F)c(=O)[nH]c3nc2=S)C(O)C1O)OP(=O)(O)C(C)(CC)OC. The highest BCUT2D eigenvalue weighted by Gasteiger charge is 2.52. The number of H-pyrrole nitrogens is 1. The van der Waals surface area contributed by atoms with E-state index >= 15 is 0 Å². The van der Waals surface area contributed by atoms with Crippen molar-refractivity contribution in [2.75, 3.05) is 7.11 Å². The molecule has 0 bridgehead atoms. The fourth-order valence-corrected chi connectivity index (χ4v) is 6.26. The van der Waals surface area contributed by atoms with Gasteiger partial charge in [-0.15, -0.1) is 0 Å². The molecule has 11 nitrogen and oxygen atoms in total. The molecule has 37 heavy (non-hydrogen) atoms. The fraction of sp³-hybridized carbons (Fsp3) is 0.682. The van der Waals surface area contributed by atoms with Gasteiger partial charge in [0.05, 0.1) is 11.7 Å². The fourth-order valence-electron chi connectivity index (χ4n) is 4.32. The van der Waals surface area contributed by atoms with Gasteiger partial charge in [-0.05, 0) is 26.2 Å². The number of aliphatic hydroxyl groups is 2. The van der Waals surface area contributed by atoms with Crippen LogP contribution in [0.5, 0.6) is 0 Å². The zero-order chi connectivity index (χ0) is 27.9. The van der Waals surface area contributed by atoms with Crippen LogP contribution in [-0.2, 0) is 18.6 Å². The van der Waals surface area contributed by atoms with Gasteiger partial charge >= 0.3 is 7.60 Å². The first-order valence-electron chi connectivity index (χ1n) is 11.8. The number of aliphatic hydroxyl groups excluding tert-OH is 2. The minimum Gasteiger partial charge on any atom is -0.388 e. The minimum absolute atomic E-state index is 0.0304. The summed E-state index contributed by atoms with van der Waals surface area (Å²) in [5.74, 6) is -3.54. The van der Waals surface area contributed by atoms with Gasteiger partial charge in [-0.1, -0.05) is 33.0 Å². The van der Waals surface area contributed by atoms with Gasteiger partial charge in [0.1, 0.15) is 23.0 Å². The normalized spacial score (nSPS) is 25.8. The summed E-state index contributed by atoms with van der Waals surface area (Å²) in [5.41, 5.74) is -2.58. The molecule has 2 aromatic heterocycles. The lowest BCUT2D eigenvalue weighted by molar-refractivity contribution is -0.0644. The maximum atomic E-state index is 14.4. The molecule has 0 amide bonds. The standard InChI is InChI=1S/C22H32F2N3O8PS/c1-6-21(4,33-5)36(31,32)35-22(7-2,8-3)9-12-14(28)15(29)16(34-12)11-10-27-17(24)13(23)18(30)25-20(27)26-19(11)37/h10,12,14-16,28-29H,6-9H2,1-5H3,(H,31,32)(H,25,26,30,37). The van der Waals surface area contributed by atoms with Crippen molar-refractivity contribution >= 4 is 25.6 Å². The third kappa shape index (κ3) is 5.30. The molecule has 0 aliphatic carbocycles. The van der Waals surface area contributed by atoms with E-state index in [4.69, 9.17) is 26.2 Å². The molecule has 1 aliphatic rings. The van der Waals surface area contributed by atoms with Gasteiger partial charge in [0.15, 0.2) is 5.34 Å². The van der Waals surface area contributed by atoms with Crippen LogP contribution in [0.15, 0.2) is 11.0 Å². The summed E-state index contributed by atoms with van der Waals surface area (Å²) in [5, 5.41) is 20.1. The van der Waals surface area contributed by atoms with Crippen molar-refractivity contribution in [3.63, 3.8) is 0 Å². The Labute approximate surface area is 217 Å². The Hall–Kier alpha value is -1.64. The maximum Gasteiger partial charge on any atom is 0.359 e. The molecule has 2 aromatic rings. The summed E-state index contributed by atoms with van der Waals surface area (Å²) in [6.45, 7) is 6.65. The third-order valence-electron chi connectivity index (χ3n) is 7.31. The van der Waals surface area contributed by atoms with Crippen LogP contribution in [-0.4, -0.2) is 65.8 Å². The monoisotopic (exact) mass is 567 g/mol. The molecule has 0 saturated carbocycles. The van der Waals surface area contributed by atoms with Crippen LogP contribution in [0.4, 0.5) is 8.78 Å². The first-order chi connectivity index (χ1) is 17.2. The smallest absolute Gasteiger partial charge is 0.359 e. The van der Waals surface area contributed by atoms with Crippen molar-refractivity contribution in [2.45, 2.75) is 88.7 Å². The molecule has 0 radical (unpaired) electrons. The second-order valence-corrected chi connectivity index (χ2v) is 11.8. The van der Waals surface area contributed by atoms with Gasteiger partial charge < -0.3 is 24.6 Å². The van der Waals surface area contributed by atoms with E-state index in [0.717, 1.165) is 6.20 Å². The van der Waals surface area contributed by atoms with E-state index in [-0.39, 0.29) is 41.7 Å². The summed E-state index contributed by atoms with van der Waals surface area (Å²) in [7, 11) is -3.03. The Balaban J connectivity index is 1.96. The van der Waals surface area contributed by atoms with E-state index < -0.39 is 60.3 Å². The molecule has 208 valence electrons. The van der Waals surface area contributed by atoms with E-state index in [9.17, 15) is 33.2 Å². The van der Waals surface area contributed by atoms with Crippen molar-refractivity contribution in [3.8, 4) is 0 Å². The van der Waals surface area contributed by atoms with E-state index in [0.29, 0.717) is 4.40 Å². The van der Waals surface area contributed by atoms with Crippen LogP contribution in [0, 0.1) is 16.4 Å². The molecule has 3 rings (SSSR count). The number of hydrogen-bond acceptors (Lipinski definition) is 9. The van der Waals surface area contributed by atoms with E-state index in [1.807, 2.05) is 0 Å². The second kappa shape index (κ2) is 10.9. The molecule has 6 atom stereocenters. The number of ether oxygens (including phenoxy) is 2. The summed E-state index contributed by atoms with van der Waals surface area (Å²) in [4.78, 5) is 28.3. The van der Waals surface area contributed by atoms with Gasteiger partial charge in [0.2, 0.25) is 17.5 Å². The van der Waals surface area contributed by atoms with Crippen LogP contribution >= 0.6 is 19.8 Å². The van der Waals surface area contributed by atoms with Crippen LogP contribution in [0.2, 0.25) is 0 Å². The number of hydrogen-bond donors (Lipinski definition) is 4. The maximum absolute atomic E-state index is 14.4. The quantitative estimate of drug-likeness (QED) is 0.191. The van der Waals surface area contributed by atoms with Gasteiger partial charge in [0, 0.05) is 25.3 Å². The molecule has 4 N–H and O–H groups in total. The first-order valence-corrected chi connectivity index (χ1v) is 13.8. The topological polar surface area (TPSA) is 156 Å². The van der Waals surface area contributed by atoms with Crippen molar-refractivity contribution < 1.29 is 42.4 Å². The van der Waals surface area contributed by atoms with Crippen LogP contribution < -0.4 is 5.56 Å². The molecule has 6 unspecified atom stereocenters.